The fourth-order valence-electron chi connectivity index (χ4n) is 6.91. The first-order chi connectivity index (χ1) is 13.7. The molecule has 6 atom stereocenters. The van der Waals surface area contributed by atoms with Crippen LogP contribution in [-0.4, -0.2) is 5.78 Å². The van der Waals surface area contributed by atoms with Crippen LogP contribution in [0.15, 0.2) is 47.1 Å². The number of hydrogen-bond acceptors (Lipinski definition) is 1. The molecule has 4 aliphatic carbocycles. The van der Waals surface area contributed by atoms with Crippen molar-refractivity contribution in [3.8, 4) is 0 Å². The molecule has 0 bridgehead atoms. The van der Waals surface area contributed by atoms with E-state index in [1.807, 2.05) is 6.08 Å². The van der Waals surface area contributed by atoms with Gasteiger partial charge in [-0.1, -0.05) is 71.4 Å². The highest BCUT2D eigenvalue weighted by atomic mass is 16.1. The molecule has 0 amide bonds. The largest absolute Gasteiger partial charge is 0.295 e. The maximum atomic E-state index is 12.0. The first-order valence-electron chi connectivity index (χ1n) is 12.0. The van der Waals surface area contributed by atoms with Gasteiger partial charge in [0.1, 0.15) is 0 Å². The number of carbonyl (C=O) groups excluding carboxylic acids is 1. The molecular weight excluding hydrogens is 352 g/mol. The summed E-state index contributed by atoms with van der Waals surface area (Å²) >= 11 is 0. The van der Waals surface area contributed by atoms with Crippen LogP contribution in [0.5, 0.6) is 0 Å². The molecule has 0 aliphatic heterocycles. The second kappa shape index (κ2) is 7.40. The van der Waals surface area contributed by atoms with Crippen LogP contribution in [0.4, 0.5) is 0 Å². The number of carbonyl (C=O) groups is 1. The second-order valence-electron chi connectivity index (χ2n) is 11.3. The molecular formula is C28H40O. The summed E-state index contributed by atoms with van der Waals surface area (Å²) in [4.78, 5) is 12.0. The van der Waals surface area contributed by atoms with Gasteiger partial charge >= 0.3 is 0 Å². The Balaban J connectivity index is 1.65. The van der Waals surface area contributed by atoms with Crippen molar-refractivity contribution in [3.05, 3.63) is 47.1 Å². The molecule has 0 heterocycles. The van der Waals surface area contributed by atoms with Crippen molar-refractivity contribution in [2.75, 3.05) is 0 Å². The molecule has 1 heteroatoms. The van der Waals surface area contributed by atoms with Crippen LogP contribution >= 0.6 is 0 Å². The van der Waals surface area contributed by atoms with Crippen molar-refractivity contribution in [1.82, 2.24) is 0 Å². The number of allylic oxidation sites excluding steroid dienone is 8. The van der Waals surface area contributed by atoms with Crippen molar-refractivity contribution in [2.24, 2.45) is 40.4 Å². The third-order valence-electron chi connectivity index (χ3n) is 9.37. The first kappa shape index (κ1) is 20.9. The van der Waals surface area contributed by atoms with E-state index >= 15 is 0 Å². The maximum Gasteiger partial charge on any atom is 0.156 e. The summed E-state index contributed by atoms with van der Waals surface area (Å²) in [7, 11) is 0. The van der Waals surface area contributed by atoms with Crippen LogP contribution in [0.2, 0.25) is 0 Å². The van der Waals surface area contributed by atoms with Gasteiger partial charge in [-0.05, 0) is 89.7 Å². The Morgan fingerprint density at radius 1 is 0.966 bits per heavy atom. The smallest absolute Gasteiger partial charge is 0.156 e. The summed E-state index contributed by atoms with van der Waals surface area (Å²) in [5.41, 5.74) is 5.21. The van der Waals surface area contributed by atoms with E-state index in [1.54, 1.807) is 11.1 Å². The van der Waals surface area contributed by atoms with Crippen LogP contribution in [0.25, 0.3) is 0 Å². The van der Waals surface area contributed by atoms with Crippen LogP contribution < -0.4 is 0 Å². The van der Waals surface area contributed by atoms with Gasteiger partial charge in [-0.15, -0.1) is 0 Å². The molecule has 0 aromatic rings. The molecule has 4 aliphatic rings. The topological polar surface area (TPSA) is 17.1 Å². The van der Waals surface area contributed by atoms with Gasteiger partial charge in [0, 0.05) is 6.42 Å². The molecule has 1 unspecified atom stereocenters. The number of rotatable bonds is 4. The summed E-state index contributed by atoms with van der Waals surface area (Å²) in [6.07, 6.45) is 18.5. The summed E-state index contributed by atoms with van der Waals surface area (Å²) in [6.45, 7) is 14.4. The zero-order valence-electron chi connectivity index (χ0n) is 19.4. The van der Waals surface area contributed by atoms with E-state index in [0.717, 1.165) is 18.8 Å². The van der Waals surface area contributed by atoms with Crippen LogP contribution in [-0.2, 0) is 4.79 Å². The Morgan fingerprint density at radius 3 is 2.45 bits per heavy atom. The lowest BCUT2D eigenvalue weighted by Crippen LogP contribution is -2.41. The van der Waals surface area contributed by atoms with Gasteiger partial charge < -0.3 is 0 Å². The summed E-state index contributed by atoms with van der Waals surface area (Å²) in [5, 5.41) is 0. The van der Waals surface area contributed by atoms with E-state index in [1.165, 1.54) is 31.3 Å². The minimum atomic E-state index is 0.169. The van der Waals surface area contributed by atoms with E-state index in [4.69, 9.17) is 0 Å². The Kier molecular flexibility index (Phi) is 5.33. The minimum absolute atomic E-state index is 0.169. The first-order valence-corrected chi connectivity index (χ1v) is 12.0. The van der Waals surface area contributed by atoms with Gasteiger partial charge in [-0.2, -0.15) is 0 Å². The quantitative estimate of drug-likeness (QED) is 0.454. The predicted molar refractivity (Wildman–Crippen MR) is 122 cm³/mol. The second-order valence-corrected chi connectivity index (χ2v) is 11.3. The molecule has 0 aromatic carbocycles. The lowest BCUT2D eigenvalue weighted by molar-refractivity contribution is -0.116. The monoisotopic (exact) mass is 392 g/mol. The van der Waals surface area contributed by atoms with Gasteiger partial charge in [0.2, 0.25) is 0 Å². The van der Waals surface area contributed by atoms with Gasteiger partial charge in [-0.25, -0.2) is 0 Å². The molecule has 0 radical (unpaired) electrons. The average Bonchev–Trinajstić information content (AvgIpc) is 3.03. The molecule has 4 rings (SSSR count). The van der Waals surface area contributed by atoms with Gasteiger partial charge in [0.25, 0.3) is 0 Å². The molecule has 0 aromatic heterocycles. The van der Waals surface area contributed by atoms with Crippen molar-refractivity contribution in [1.29, 1.82) is 0 Å². The predicted octanol–water partition coefficient (Wildman–Crippen LogP) is 7.46. The lowest BCUT2D eigenvalue weighted by atomic mass is 9.53. The van der Waals surface area contributed by atoms with Crippen LogP contribution in [0.1, 0.15) is 80.1 Å². The number of fused-ring (bicyclic) bond motifs is 4. The third-order valence-corrected chi connectivity index (χ3v) is 9.37. The SMILES string of the molecule is CC(C)C(C)C=C[C@@H](C)[C@H]1CCC2=C3C=CC4=CC(=O)CC[C@]4(C)[C@H]3CC[C@@]21C. The minimum Gasteiger partial charge on any atom is -0.295 e. The standard InChI is InChI=1S/C28H40O/c1-18(2)19(3)7-8-20(4)24-11-12-25-23-10-9-21-17-22(29)13-15-27(21,5)26(23)14-16-28(24,25)6/h7-10,17-20,24,26H,11-16H2,1-6H3/t19?,20-,24-,26+,27+,28-/m1/s1. The third kappa shape index (κ3) is 3.33. The molecule has 1 fully saturated rings. The normalized spacial score (nSPS) is 38.7. The molecule has 0 N–H and O–H groups in total. The van der Waals surface area contributed by atoms with Gasteiger partial charge in [0.15, 0.2) is 5.78 Å². The van der Waals surface area contributed by atoms with E-state index in [-0.39, 0.29) is 5.41 Å². The lowest BCUT2D eigenvalue weighted by Gasteiger charge is -2.51. The van der Waals surface area contributed by atoms with E-state index in [0.29, 0.717) is 34.9 Å². The molecule has 1 nitrogen and oxygen atoms in total. The Hall–Kier alpha value is -1.37. The van der Waals surface area contributed by atoms with Gasteiger partial charge in [-0.3, -0.25) is 4.79 Å². The van der Waals surface area contributed by atoms with E-state index in [2.05, 4.69) is 65.8 Å². The van der Waals surface area contributed by atoms with E-state index in [9.17, 15) is 4.79 Å². The Bertz CT molecular complexity index is 806. The van der Waals surface area contributed by atoms with Crippen molar-refractivity contribution in [3.63, 3.8) is 0 Å². The molecule has 1 saturated carbocycles. The van der Waals surface area contributed by atoms with Crippen LogP contribution in [0.3, 0.4) is 0 Å². The zero-order chi connectivity index (χ0) is 21.0. The summed E-state index contributed by atoms with van der Waals surface area (Å²) in [5.74, 6) is 3.69. The molecule has 158 valence electrons. The fraction of sp³-hybridized carbons (Fsp3) is 0.679. The van der Waals surface area contributed by atoms with Gasteiger partial charge in [0.05, 0.1) is 0 Å². The van der Waals surface area contributed by atoms with Crippen LogP contribution in [0, 0.1) is 40.4 Å². The number of ketones is 1. The average molecular weight is 393 g/mol. The Morgan fingerprint density at radius 2 is 1.72 bits per heavy atom. The number of hydrogen-bond donors (Lipinski definition) is 0. The highest BCUT2D eigenvalue weighted by Gasteiger charge is 2.53. The van der Waals surface area contributed by atoms with Crippen molar-refractivity contribution < 1.29 is 4.79 Å². The summed E-state index contributed by atoms with van der Waals surface area (Å²) < 4.78 is 0. The Labute approximate surface area is 178 Å². The maximum absolute atomic E-state index is 12.0. The zero-order valence-corrected chi connectivity index (χ0v) is 19.4. The van der Waals surface area contributed by atoms with E-state index < -0.39 is 0 Å². The molecule has 0 saturated heterocycles. The highest BCUT2D eigenvalue weighted by Crippen LogP contribution is 2.63. The molecule has 29 heavy (non-hydrogen) atoms. The van der Waals surface area contributed by atoms with Crippen molar-refractivity contribution in [2.45, 2.75) is 80.1 Å². The molecule has 0 spiro atoms. The summed E-state index contributed by atoms with van der Waals surface area (Å²) in [6, 6.07) is 0. The highest BCUT2D eigenvalue weighted by molar-refractivity contribution is 5.92. The van der Waals surface area contributed by atoms with Crippen molar-refractivity contribution >= 4 is 5.78 Å². The fourth-order valence-corrected chi connectivity index (χ4v) is 6.91.